The van der Waals surface area contributed by atoms with Crippen LogP contribution in [0.5, 0.6) is 0 Å². The van der Waals surface area contributed by atoms with Crippen LogP contribution in [0.15, 0.2) is 0 Å². The second kappa shape index (κ2) is 28.4. The number of hydrogen-bond acceptors (Lipinski definition) is 12. The number of carboxylic acid groups (broad SMARTS) is 6. The Bertz CT molecular complexity index is 290. The van der Waals surface area contributed by atoms with E-state index in [1.54, 1.807) is 0 Å². The molecule has 0 aliphatic carbocycles. The molecule has 0 fully saturated rings. The molecule has 0 aromatic rings. The first-order chi connectivity index (χ1) is 7.93. The average molecular weight is 470 g/mol. The van der Waals surface area contributed by atoms with Crippen molar-refractivity contribution >= 4 is 35.8 Å². The number of carbonyl (C=O) groups is 6. The summed E-state index contributed by atoms with van der Waals surface area (Å²) in [4.78, 5) is 53.6. The molecule has 4 N–H and O–H groups in total. The van der Waals surface area contributed by atoms with Crippen molar-refractivity contribution in [3.63, 3.8) is 0 Å². The monoisotopic (exact) mass is 469 g/mol. The molecule has 137 valence electrons. The van der Waals surface area contributed by atoms with E-state index in [1.807, 2.05) is 0 Å². The third kappa shape index (κ3) is 64.1. The fourth-order valence-electron chi connectivity index (χ4n) is 0. The van der Waals surface area contributed by atoms with Gasteiger partial charge in [-0.25, -0.2) is 0 Å². The fraction of sp³-hybridized carbons (Fsp3) is 0. The standard InChI is InChI=1S/3C2H2O4.Fe.Mn.Ni.2H2O/c3*3-1(4)2(5)6;;;;;/h3*(H,3,4)(H,5,6);;;;2*1H2/q;;;3*+2;;/p-6. The van der Waals surface area contributed by atoms with E-state index in [4.69, 9.17) is 59.4 Å². The molecule has 0 saturated carbocycles. The Morgan fingerprint density at radius 1 is 0.435 bits per heavy atom. The summed E-state index contributed by atoms with van der Waals surface area (Å²) in [5.41, 5.74) is 0. The van der Waals surface area contributed by atoms with Gasteiger partial charge in [0, 0.05) is 0 Å². The normalized spacial score (nSPS) is 5.74. The minimum atomic E-state index is -2.19. The Balaban J connectivity index is -0.0000000221. The summed E-state index contributed by atoms with van der Waals surface area (Å²) < 4.78 is 0. The molecule has 0 heterocycles. The first-order valence-electron chi connectivity index (χ1n) is 3.20. The van der Waals surface area contributed by atoms with Gasteiger partial charge < -0.3 is 70.4 Å². The molecule has 0 saturated heterocycles. The Kier molecular flexibility index (Phi) is 61.4. The molecule has 0 amide bonds. The van der Waals surface area contributed by atoms with Crippen molar-refractivity contribution in [1.29, 1.82) is 0 Å². The van der Waals surface area contributed by atoms with E-state index in [0.717, 1.165) is 0 Å². The summed E-state index contributed by atoms with van der Waals surface area (Å²) >= 11 is 0. The van der Waals surface area contributed by atoms with Crippen LogP contribution in [-0.4, -0.2) is 46.8 Å². The number of carbonyl (C=O) groups excluding carboxylic acids is 6. The van der Waals surface area contributed by atoms with Crippen LogP contribution < -0.4 is 30.6 Å². The molecule has 0 rings (SSSR count). The molecule has 23 heavy (non-hydrogen) atoms. The Morgan fingerprint density at radius 2 is 0.478 bits per heavy atom. The van der Waals surface area contributed by atoms with Gasteiger partial charge in [-0.2, -0.15) is 0 Å². The maximum Gasteiger partial charge on any atom is 2.00 e. The average Bonchev–Trinajstić information content (AvgIpc) is 2.18. The molecular weight excluding hydrogens is 466 g/mol. The van der Waals surface area contributed by atoms with Gasteiger partial charge in [0.15, 0.2) is 0 Å². The quantitative estimate of drug-likeness (QED) is 0.236. The maximum atomic E-state index is 8.93. The second-order valence-electron chi connectivity index (χ2n) is 1.72. The van der Waals surface area contributed by atoms with Crippen LogP contribution in [0.4, 0.5) is 0 Å². The summed E-state index contributed by atoms with van der Waals surface area (Å²) in [6.45, 7) is 0. The SMILES string of the molecule is O.O.O=C([O-])C(=O)[O-].O=C([O-])C(=O)[O-].O=C([O-])C(=O)[O-].[Fe+2].[Mn+2].[Ni+2]. The summed E-state index contributed by atoms with van der Waals surface area (Å²) in [5.74, 6) is -13.1. The largest absolute Gasteiger partial charge is 2.00 e. The van der Waals surface area contributed by atoms with Crippen LogP contribution >= 0.6 is 0 Å². The van der Waals surface area contributed by atoms with Crippen molar-refractivity contribution in [3.8, 4) is 0 Å². The van der Waals surface area contributed by atoms with Gasteiger partial charge in [0.2, 0.25) is 0 Å². The summed E-state index contributed by atoms with van der Waals surface area (Å²) in [6, 6.07) is 0. The fourth-order valence-corrected chi connectivity index (χ4v) is 0. The van der Waals surface area contributed by atoms with Gasteiger partial charge in [-0.15, -0.1) is 0 Å². The van der Waals surface area contributed by atoms with Crippen LogP contribution in [0, 0.1) is 0 Å². The maximum absolute atomic E-state index is 8.93. The van der Waals surface area contributed by atoms with Gasteiger partial charge in [-0.3, -0.25) is 0 Å². The van der Waals surface area contributed by atoms with E-state index >= 15 is 0 Å². The molecule has 0 aliphatic heterocycles. The number of aliphatic carboxylic acids is 6. The van der Waals surface area contributed by atoms with Crippen LogP contribution in [0.3, 0.4) is 0 Å². The first kappa shape index (κ1) is 49.6. The zero-order valence-electron chi connectivity index (χ0n) is 9.95. The molecule has 0 unspecified atom stereocenters. The van der Waals surface area contributed by atoms with Gasteiger partial charge in [-0.05, 0) is 0 Å². The molecule has 0 aromatic carbocycles. The summed E-state index contributed by atoms with van der Waals surface area (Å²) in [5, 5.41) is 53.6. The van der Waals surface area contributed by atoms with Crippen molar-refractivity contribution in [2.45, 2.75) is 0 Å². The predicted octanol–water partition coefficient (Wildman–Crippen LogP) is -12.2. The van der Waals surface area contributed by atoms with Gasteiger partial charge in [0.1, 0.15) is 0 Å². The second-order valence-corrected chi connectivity index (χ2v) is 1.72. The van der Waals surface area contributed by atoms with Gasteiger partial charge in [-0.1, -0.05) is 0 Å². The van der Waals surface area contributed by atoms with E-state index in [9.17, 15) is 0 Å². The minimum absolute atomic E-state index is 0. The summed E-state index contributed by atoms with van der Waals surface area (Å²) in [6.07, 6.45) is 0. The van der Waals surface area contributed by atoms with Gasteiger partial charge >= 0.3 is 50.6 Å². The minimum Gasteiger partial charge on any atom is -0.543 e. The summed E-state index contributed by atoms with van der Waals surface area (Å²) in [7, 11) is 0. The molecule has 17 heteroatoms. The Hall–Kier alpha value is -1.73. The molecular formula is C6H4FeMnNiO14. The van der Waals surface area contributed by atoms with Crippen LogP contribution in [0.2, 0.25) is 0 Å². The van der Waals surface area contributed by atoms with Crippen molar-refractivity contribution in [3.05, 3.63) is 0 Å². The van der Waals surface area contributed by atoms with Crippen LogP contribution in [-0.2, 0) is 79.4 Å². The van der Waals surface area contributed by atoms with Crippen molar-refractivity contribution in [2.24, 2.45) is 0 Å². The van der Waals surface area contributed by atoms with Crippen LogP contribution in [0.1, 0.15) is 0 Å². The smallest absolute Gasteiger partial charge is 0.543 e. The molecule has 1 radical (unpaired) electrons. The van der Waals surface area contributed by atoms with E-state index in [-0.39, 0.29) is 61.6 Å². The van der Waals surface area contributed by atoms with Crippen molar-refractivity contribution < 1.29 is 121 Å². The van der Waals surface area contributed by atoms with Crippen molar-refractivity contribution in [1.82, 2.24) is 0 Å². The first-order valence-corrected chi connectivity index (χ1v) is 3.20. The third-order valence-electron chi connectivity index (χ3n) is 0.500. The molecule has 0 atom stereocenters. The predicted molar refractivity (Wildman–Crippen MR) is 37.3 cm³/mol. The molecule has 0 bridgehead atoms. The number of rotatable bonds is 0. The Labute approximate surface area is 157 Å². The zero-order chi connectivity index (χ0) is 15.5. The van der Waals surface area contributed by atoms with E-state index in [0.29, 0.717) is 0 Å². The molecule has 0 aromatic heterocycles. The van der Waals surface area contributed by atoms with Gasteiger partial charge in [0.25, 0.3) is 0 Å². The van der Waals surface area contributed by atoms with Crippen LogP contribution in [0.25, 0.3) is 0 Å². The zero-order valence-corrected chi connectivity index (χ0v) is 13.2. The third-order valence-corrected chi connectivity index (χ3v) is 0.500. The van der Waals surface area contributed by atoms with E-state index < -0.39 is 35.8 Å². The topological polar surface area (TPSA) is 304 Å². The number of carboxylic acids is 6. The Morgan fingerprint density at radius 3 is 0.478 bits per heavy atom. The molecule has 0 spiro atoms. The molecule has 0 aliphatic rings. The molecule has 14 nitrogen and oxygen atoms in total. The van der Waals surface area contributed by atoms with E-state index in [2.05, 4.69) is 0 Å². The van der Waals surface area contributed by atoms with Crippen molar-refractivity contribution in [2.75, 3.05) is 0 Å². The number of hydrogen-bond donors (Lipinski definition) is 0. The van der Waals surface area contributed by atoms with E-state index in [1.165, 1.54) is 0 Å². The van der Waals surface area contributed by atoms with Gasteiger partial charge in [0.05, 0.1) is 35.8 Å².